The van der Waals surface area contributed by atoms with Gasteiger partial charge in [-0.05, 0) is 11.1 Å². The molecule has 0 radical (unpaired) electrons. The Kier molecular flexibility index (Phi) is 8.36. The Hall–Kier alpha value is -2.29. The quantitative estimate of drug-likeness (QED) is 0.629. The van der Waals surface area contributed by atoms with Gasteiger partial charge in [0.2, 0.25) is 0 Å². The fraction of sp³-hybridized carbons (Fsp3) is 0.435. The predicted molar refractivity (Wildman–Crippen MR) is 108 cm³/mol. The van der Waals surface area contributed by atoms with E-state index in [4.69, 9.17) is 23.7 Å². The number of aliphatic hydroxyl groups excluding tert-OH is 1. The summed E-state index contributed by atoms with van der Waals surface area (Å²) >= 11 is 0. The molecule has 2 aromatic rings. The number of methoxy groups -OCH3 is 1. The maximum Gasteiger partial charge on any atom is 0.303 e. The SMILES string of the molecule is CO[C@H]1O[C@H](CO)[C@@H](OCc2ccccc2)[C@H](OCc2ccccc2)[C@H]1OC(C)=O. The van der Waals surface area contributed by atoms with Crippen molar-refractivity contribution in [1.29, 1.82) is 0 Å². The van der Waals surface area contributed by atoms with Crippen LogP contribution in [0.15, 0.2) is 60.7 Å². The van der Waals surface area contributed by atoms with Crippen LogP contribution in [-0.4, -0.2) is 55.5 Å². The van der Waals surface area contributed by atoms with Gasteiger partial charge in [0.1, 0.15) is 18.3 Å². The lowest BCUT2D eigenvalue weighted by Crippen LogP contribution is -2.61. The van der Waals surface area contributed by atoms with E-state index in [2.05, 4.69) is 0 Å². The second-order valence-corrected chi connectivity index (χ2v) is 7.06. The summed E-state index contributed by atoms with van der Waals surface area (Å²) in [6.07, 6.45) is -3.81. The van der Waals surface area contributed by atoms with Crippen molar-refractivity contribution in [3.8, 4) is 0 Å². The minimum Gasteiger partial charge on any atom is -0.454 e. The van der Waals surface area contributed by atoms with E-state index in [1.54, 1.807) is 0 Å². The molecule has 0 spiro atoms. The van der Waals surface area contributed by atoms with Gasteiger partial charge in [0.25, 0.3) is 0 Å². The molecule has 30 heavy (non-hydrogen) atoms. The summed E-state index contributed by atoms with van der Waals surface area (Å²) in [6.45, 7) is 1.60. The van der Waals surface area contributed by atoms with Crippen molar-refractivity contribution in [2.75, 3.05) is 13.7 Å². The Morgan fingerprint density at radius 1 is 0.900 bits per heavy atom. The molecule has 0 aromatic heterocycles. The monoisotopic (exact) mass is 416 g/mol. The molecule has 1 N–H and O–H groups in total. The zero-order chi connectivity index (χ0) is 21.3. The first kappa shape index (κ1) is 22.4. The second kappa shape index (κ2) is 11.2. The average Bonchev–Trinajstić information content (AvgIpc) is 2.77. The van der Waals surface area contributed by atoms with Crippen LogP contribution < -0.4 is 0 Å². The van der Waals surface area contributed by atoms with Gasteiger partial charge in [0.15, 0.2) is 12.4 Å². The molecule has 162 valence electrons. The van der Waals surface area contributed by atoms with Crippen molar-refractivity contribution in [3.63, 3.8) is 0 Å². The van der Waals surface area contributed by atoms with Crippen LogP contribution in [0.2, 0.25) is 0 Å². The van der Waals surface area contributed by atoms with E-state index < -0.39 is 36.7 Å². The van der Waals surface area contributed by atoms with E-state index in [0.717, 1.165) is 11.1 Å². The Morgan fingerprint density at radius 2 is 1.43 bits per heavy atom. The van der Waals surface area contributed by atoms with Crippen molar-refractivity contribution in [2.24, 2.45) is 0 Å². The molecule has 1 aliphatic heterocycles. The van der Waals surface area contributed by atoms with Gasteiger partial charge in [0.05, 0.1) is 19.8 Å². The number of ether oxygens (including phenoxy) is 5. The number of carbonyl (C=O) groups is 1. The number of rotatable bonds is 9. The van der Waals surface area contributed by atoms with Gasteiger partial charge < -0.3 is 28.8 Å². The van der Waals surface area contributed by atoms with Crippen LogP contribution in [0, 0.1) is 0 Å². The second-order valence-electron chi connectivity index (χ2n) is 7.06. The van der Waals surface area contributed by atoms with Gasteiger partial charge in [-0.2, -0.15) is 0 Å². The van der Waals surface area contributed by atoms with E-state index in [-0.39, 0.29) is 13.2 Å². The first-order valence-electron chi connectivity index (χ1n) is 9.89. The van der Waals surface area contributed by atoms with Crippen molar-refractivity contribution < 1.29 is 33.6 Å². The lowest BCUT2D eigenvalue weighted by Gasteiger charge is -2.44. The molecule has 1 saturated heterocycles. The lowest BCUT2D eigenvalue weighted by molar-refractivity contribution is -0.313. The molecular weight excluding hydrogens is 388 g/mol. The summed E-state index contributed by atoms with van der Waals surface area (Å²) in [6, 6.07) is 19.3. The first-order chi connectivity index (χ1) is 14.6. The predicted octanol–water partition coefficient (Wildman–Crippen LogP) is 2.45. The van der Waals surface area contributed by atoms with Gasteiger partial charge in [-0.25, -0.2) is 0 Å². The summed E-state index contributed by atoms with van der Waals surface area (Å²) in [5.74, 6) is -0.483. The largest absolute Gasteiger partial charge is 0.454 e. The number of carbonyl (C=O) groups excluding carboxylic acids is 1. The molecule has 3 rings (SSSR count). The van der Waals surface area contributed by atoms with E-state index in [9.17, 15) is 9.90 Å². The number of aliphatic hydroxyl groups is 1. The molecule has 1 fully saturated rings. The van der Waals surface area contributed by atoms with Crippen LogP contribution in [-0.2, 0) is 41.7 Å². The standard InChI is InChI=1S/C23H28O7/c1-16(25)29-22-21(28-15-18-11-7-4-8-12-18)20(19(13-24)30-23(22)26-2)27-14-17-9-5-3-6-10-17/h3-12,19-24H,13-15H2,1-2H3/t19-,20-,21+,22-,23+/m1/s1. The molecule has 0 aliphatic carbocycles. The molecule has 0 bridgehead atoms. The molecule has 0 amide bonds. The van der Waals surface area contributed by atoms with Crippen LogP contribution >= 0.6 is 0 Å². The number of benzene rings is 2. The minimum absolute atomic E-state index is 0.281. The van der Waals surface area contributed by atoms with Gasteiger partial charge in [-0.15, -0.1) is 0 Å². The molecule has 1 heterocycles. The molecular formula is C23H28O7. The maximum atomic E-state index is 11.8. The van der Waals surface area contributed by atoms with E-state index in [0.29, 0.717) is 6.61 Å². The third-order valence-corrected chi connectivity index (χ3v) is 4.88. The summed E-state index contributed by atoms with van der Waals surface area (Å²) in [4.78, 5) is 11.8. The normalized spacial score (nSPS) is 26.3. The van der Waals surface area contributed by atoms with Crippen LogP contribution in [0.5, 0.6) is 0 Å². The van der Waals surface area contributed by atoms with Crippen LogP contribution in [0.25, 0.3) is 0 Å². The van der Waals surface area contributed by atoms with Crippen LogP contribution in [0.4, 0.5) is 0 Å². The van der Waals surface area contributed by atoms with Gasteiger partial charge in [-0.3, -0.25) is 4.79 Å². The van der Waals surface area contributed by atoms with Gasteiger partial charge in [0, 0.05) is 14.0 Å². The van der Waals surface area contributed by atoms with Gasteiger partial charge in [-0.1, -0.05) is 60.7 Å². The molecule has 7 nitrogen and oxygen atoms in total. The highest BCUT2D eigenvalue weighted by molar-refractivity contribution is 5.66. The number of hydrogen-bond acceptors (Lipinski definition) is 7. The maximum absolute atomic E-state index is 11.8. The highest BCUT2D eigenvalue weighted by atomic mass is 16.7. The highest BCUT2D eigenvalue weighted by Gasteiger charge is 2.49. The topological polar surface area (TPSA) is 83.5 Å². The van der Waals surface area contributed by atoms with E-state index in [1.165, 1.54) is 14.0 Å². The molecule has 5 atom stereocenters. The van der Waals surface area contributed by atoms with Crippen molar-refractivity contribution in [2.45, 2.75) is 50.8 Å². The van der Waals surface area contributed by atoms with Crippen molar-refractivity contribution in [1.82, 2.24) is 0 Å². The molecule has 1 aliphatic rings. The smallest absolute Gasteiger partial charge is 0.303 e. The molecule has 7 heteroatoms. The first-order valence-corrected chi connectivity index (χ1v) is 9.89. The number of esters is 1. The highest BCUT2D eigenvalue weighted by Crippen LogP contribution is 2.30. The van der Waals surface area contributed by atoms with Gasteiger partial charge >= 0.3 is 5.97 Å². The van der Waals surface area contributed by atoms with Crippen LogP contribution in [0.3, 0.4) is 0 Å². The number of hydrogen-bond donors (Lipinski definition) is 1. The fourth-order valence-electron chi connectivity index (χ4n) is 3.46. The third-order valence-electron chi connectivity index (χ3n) is 4.88. The molecule has 0 saturated carbocycles. The Labute approximate surface area is 176 Å². The molecule has 0 unspecified atom stereocenters. The van der Waals surface area contributed by atoms with E-state index in [1.807, 2.05) is 60.7 Å². The Bertz CT molecular complexity index is 768. The fourth-order valence-corrected chi connectivity index (χ4v) is 3.46. The average molecular weight is 416 g/mol. The summed E-state index contributed by atoms with van der Waals surface area (Å²) in [5.41, 5.74) is 1.93. The Balaban J connectivity index is 1.83. The molecule has 2 aromatic carbocycles. The van der Waals surface area contributed by atoms with E-state index >= 15 is 0 Å². The zero-order valence-corrected chi connectivity index (χ0v) is 17.2. The summed E-state index contributed by atoms with van der Waals surface area (Å²) in [7, 11) is 1.45. The minimum atomic E-state index is -0.886. The van der Waals surface area contributed by atoms with Crippen LogP contribution in [0.1, 0.15) is 18.1 Å². The third kappa shape index (κ3) is 5.87. The van der Waals surface area contributed by atoms with Crippen molar-refractivity contribution >= 4 is 5.97 Å². The summed E-state index contributed by atoms with van der Waals surface area (Å²) < 4.78 is 29.0. The van der Waals surface area contributed by atoms with Crippen molar-refractivity contribution in [3.05, 3.63) is 71.8 Å². The Morgan fingerprint density at radius 3 is 1.90 bits per heavy atom. The summed E-state index contributed by atoms with van der Waals surface area (Å²) in [5, 5.41) is 9.92. The zero-order valence-electron chi connectivity index (χ0n) is 17.2. The lowest BCUT2D eigenvalue weighted by atomic mass is 9.98.